The molecule has 1 atom stereocenters. The van der Waals surface area contributed by atoms with E-state index in [9.17, 15) is 0 Å². The van der Waals surface area contributed by atoms with E-state index in [0.717, 1.165) is 23.8 Å². The van der Waals surface area contributed by atoms with E-state index < -0.39 is 0 Å². The Bertz CT molecular complexity index is 611. The van der Waals surface area contributed by atoms with Crippen molar-refractivity contribution >= 4 is 28.6 Å². The molecule has 1 aromatic carbocycles. The van der Waals surface area contributed by atoms with Crippen molar-refractivity contribution in [2.45, 2.75) is 31.7 Å². The van der Waals surface area contributed by atoms with Gasteiger partial charge in [0, 0.05) is 17.7 Å². The average Bonchev–Trinajstić information content (AvgIpc) is 2.88. The molecule has 1 aliphatic carbocycles. The Morgan fingerprint density at radius 3 is 3.10 bits per heavy atom. The van der Waals surface area contributed by atoms with Crippen molar-refractivity contribution in [2.75, 3.05) is 19.0 Å². The first-order chi connectivity index (χ1) is 10.3. The molecule has 3 rings (SSSR count). The maximum absolute atomic E-state index is 6.19. The summed E-state index contributed by atoms with van der Waals surface area (Å²) >= 11 is 7.92. The van der Waals surface area contributed by atoms with Crippen LogP contribution in [-0.2, 0) is 17.6 Å². The van der Waals surface area contributed by atoms with Gasteiger partial charge in [0.05, 0.1) is 17.0 Å². The number of halogens is 1. The standard InChI is InChI=1S/C17H20ClNOS/c1-20-10-9-12-5-2-3-6-14(12)19-15-7-4-8-16-13(15)11-17(18)21-16/h2-3,5-6,11,15,19H,4,7-10H2,1H3. The van der Waals surface area contributed by atoms with Gasteiger partial charge >= 0.3 is 0 Å². The first-order valence-electron chi connectivity index (χ1n) is 7.39. The quantitative estimate of drug-likeness (QED) is 0.829. The van der Waals surface area contributed by atoms with Gasteiger partial charge in [-0.2, -0.15) is 0 Å². The Balaban J connectivity index is 1.81. The molecule has 0 amide bonds. The largest absolute Gasteiger partial charge is 0.384 e. The van der Waals surface area contributed by atoms with Crippen molar-refractivity contribution in [3.05, 3.63) is 50.7 Å². The van der Waals surface area contributed by atoms with Crippen LogP contribution >= 0.6 is 22.9 Å². The molecule has 0 saturated heterocycles. The summed E-state index contributed by atoms with van der Waals surface area (Å²) in [6.45, 7) is 0.749. The minimum atomic E-state index is 0.376. The molecule has 1 unspecified atom stereocenters. The number of ether oxygens (including phenoxy) is 1. The van der Waals surface area contributed by atoms with Crippen LogP contribution in [0.3, 0.4) is 0 Å². The smallest absolute Gasteiger partial charge is 0.0934 e. The summed E-state index contributed by atoms with van der Waals surface area (Å²) in [7, 11) is 1.75. The lowest BCUT2D eigenvalue weighted by Gasteiger charge is -2.26. The molecule has 0 fully saturated rings. The second kappa shape index (κ2) is 6.82. The third kappa shape index (κ3) is 3.42. The first kappa shape index (κ1) is 14.9. The van der Waals surface area contributed by atoms with Gasteiger partial charge in [-0.25, -0.2) is 0 Å². The zero-order valence-electron chi connectivity index (χ0n) is 12.2. The highest BCUT2D eigenvalue weighted by atomic mass is 35.5. The Kier molecular flexibility index (Phi) is 4.84. The van der Waals surface area contributed by atoms with Crippen LogP contribution in [-0.4, -0.2) is 13.7 Å². The van der Waals surface area contributed by atoms with Crippen LogP contribution in [0.25, 0.3) is 0 Å². The Morgan fingerprint density at radius 2 is 2.24 bits per heavy atom. The van der Waals surface area contributed by atoms with Crippen LogP contribution in [0.5, 0.6) is 0 Å². The van der Waals surface area contributed by atoms with Gasteiger partial charge in [0.25, 0.3) is 0 Å². The lowest BCUT2D eigenvalue weighted by Crippen LogP contribution is -2.16. The lowest BCUT2D eigenvalue weighted by atomic mass is 9.93. The Labute approximate surface area is 135 Å². The van der Waals surface area contributed by atoms with Crippen LogP contribution < -0.4 is 5.32 Å². The molecule has 0 aliphatic heterocycles. The molecule has 4 heteroatoms. The van der Waals surface area contributed by atoms with Crippen LogP contribution in [0, 0.1) is 0 Å². The van der Waals surface area contributed by atoms with E-state index in [1.165, 1.54) is 34.5 Å². The van der Waals surface area contributed by atoms with Gasteiger partial charge in [-0.1, -0.05) is 29.8 Å². The molecule has 1 heterocycles. The topological polar surface area (TPSA) is 21.3 Å². The second-order valence-electron chi connectivity index (χ2n) is 5.42. The number of methoxy groups -OCH3 is 1. The number of hydrogen-bond acceptors (Lipinski definition) is 3. The zero-order chi connectivity index (χ0) is 14.7. The summed E-state index contributed by atoms with van der Waals surface area (Å²) in [4.78, 5) is 1.44. The molecule has 112 valence electrons. The lowest BCUT2D eigenvalue weighted by molar-refractivity contribution is 0.202. The molecule has 1 aromatic heterocycles. The second-order valence-corrected chi connectivity index (χ2v) is 7.19. The number of anilines is 1. The number of para-hydroxylation sites is 1. The Hall–Kier alpha value is -1.03. The van der Waals surface area contributed by atoms with E-state index in [2.05, 4.69) is 35.6 Å². The summed E-state index contributed by atoms with van der Waals surface area (Å²) in [5.41, 5.74) is 3.92. The van der Waals surface area contributed by atoms with E-state index in [0.29, 0.717) is 6.04 Å². The first-order valence-corrected chi connectivity index (χ1v) is 8.59. The molecule has 0 spiro atoms. The van der Waals surface area contributed by atoms with Gasteiger partial charge in [-0.3, -0.25) is 0 Å². The maximum Gasteiger partial charge on any atom is 0.0934 e. The highest BCUT2D eigenvalue weighted by Crippen LogP contribution is 2.39. The molecule has 0 bridgehead atoms. The SMILES string of the molecule is COCCc1ccccc1NC1CCCc2sc(Cl)cc21. The number of benzene rings is 1. The van der Waals surface area contributed by atoms with Gasteiger partial charge in [-0.15, -0.1) is 11.3 Å². The summed E-state index contributed by atoms with van der Waals surface area (Å²) < 4.78 is 6.11. The van der Waals surface area contributed by atoms with Gasteiger partial charge in [0.2, 0.25) is 0 Å². The van der Waals surface area contributed by atoms with E-state index >= 15 is 0 Å². The van der Waals surface area contributed by atoms with Crippen molar-refractivity contribution in [1.29, 1.82) is 0 Å². The zero-order valence-corrected chi connectivity index (χ0v) is 13.8. The van der Waals surface area contributed by atoms with E-state index in [-0.39, 0.29) is 0 Å². The molecule has 21 heavy (non-hydrogen) atoms. The Morgan fingerprint density at radius 1 is 1.38 bits per heavy atom. The third-order valence-corrected chi connectivity index (χ3v) is 5.35. The van der Waals surface area contributed by atoms with Crippen LogP contribution in [0.15, 0.2) is 30.3 Å². The van der Waals surface area contributed by atoms with Crippen LogP contribution in [0.2, 0.25) is 4.34 Å². The van der Waals surface area contributed by atoms with Crippen molar-refractivity contribution in [2.24, 2.45) is 0 Å². The van der Waals surface area contributed by atoms with Crippen molar-refractivity contribution in [3.8, 4) is 0 Å². The maximum atomic E-state index is 6.19. The van der Waals surface area contributed by atoms with Crippen LogP contribution in [0.1, 0.15) is 34.9 Å². The fourth-order valence-electron chi connectivity index (χ4n) is 2.95. The number of hydrogen-bond donors (Lipinski definition) is 1. The third-order valence-electron chi connectivity index (χ3n) is 4.01. The average molecular weight is 322 g/mol. The fourth-order valence-corrected chi connectivity index (χ4v) is 4.33. The number of thiophene rings is 1. The van der Waals surface area contributed by atoms with E-state index in [1.807, 2.05) is 0 Å². The number of aryl methyl sites for hydroxylation is 1. The van der Waals surface area contributed by atoms with Gasteiger partial charge in [0.1, 0.15) is 0 Å². The highest BCUT2D eigenvalue weighted by molar-refractivity contribution is 7.16. The number of fused-ring (bicyclic) bond motifs is 1. The number of rotatable bonds is 5. The van der Waals surface area contributed by atoms with E-state index in [1.54, 1.807) is 18.4 Å². The predicted octanol–water partition coefficient (Wildman–Crippen LogP) is 5.08. The van der Waals surface area contributed by atoms with Crippen molar-refractivity contribution in [1.82, 2.24) is 0 Å². The van der Waals surface area contributed by atoms with Gasteiger partial charge in [0.15, 0.2) is 0 Å². The highest BCUT2D eigenvalue weighted by Gasteiger charge is 2.23. The summed E-state index contributed by atoms with van der Waals surface area (Å²) in [5.74, 6) is 0. The fraction of sp³-hybridized carbons (Fsp3) is 0.412. The molecule has 2 aromatic rings. The normalized spacial score (nSPS) is 17.5. The van der Waals surface area contributed by atoms with Gasteiger partial charge in [-0.05, 0) is 48.9 Å². The minimum Gasteiger partial charge on any atom is -0.384 e. The van der Waals surface area contributed by atoms with Gasteiger partial charge < -0.3 is 10.1 Å². The molecule has 1 aliphatic rings. The van der Waals surface area contributed by atoms with Crippen molar-refractivity contribution < 1.29 is 4.74 Å². The minimum absolute atomic E-state index is 0.376. The predicted molar refractivity (Wildman–Crippen MR) is 90.7 cm³/mol. The molecular weight excluding hydrogens is 302 g/mol. The molecule has 0 saturated carbocycles. The summed E-state index contributed by atoms with van der Waals surface area (Å²) in [6, 6.07) is 11.0. The molecule has 1 N–H and O–H groups in total. The summed E-state index contributed by atoms with van der Waals surface area (Å²) in [6.07, 6.45) is 4.49. The van der Waals surface area contributed by atoms with Crippen LogP contribution in [0.4, 0.5) is 5.69 Å². The van der Waals surface area contributed by atoms with E-state index in [4.69, 9.17) is 16.3 Å². The van der Waals surface area contributed by atoms with Crippen molar-refractivity contribution in [3.63, 3.8) is 0 Å². The molecule has 2 nitrogen and oxygen atoms in total. The summed E-state index contributed by atoms with van der Waals surface area (Å²) in [5, 5.41) is 3.72. The number of nitrogens with one attached hydrogen (secondary N) is 1. The molecule has 0 radical (unpaired) electrons. The molecular formula is C17H20ClNOS. The monoisotopic (exact) mass is 321 g/mol.